The first-order valence-corrected chi connectivity index (χ1v) is 7.04. The molecule has 0 bridgehead atoms. The van der Waals surface area contributed by atoms with Crippen molar-refractivity contribution in [2.24, 2.45) is 5.84 Å². The fourth-order valence-electron chi connectivity index (χ4n) is 1.18. The van der Waals surface area contributed by atoms with Crippen molar-refractivity contribution in [1.82, 2.24) is 5.43 Å². The van der Waals surface area contributed by atoms with Crippen molar-refractivity contribution in [2.75, 3.05) is 0 Å². The summed E-state index contributed by atoms with van der Waals surface area (Å²) in [5, 5.41) is 0. The highest BCUT2D eigenvalue weighted by atomic mass is 79.9. The number of halogens is 1. The topological polar surface area (TPSA) is 55.1 Å². The second-order valence-electron chi connectivity index (χ2n) is 4.68. The average molecular weight is 317 g/mol. The largest absolute Gasteiger partial charge is 0.290 e. The number of nitrogens with one attached hydrogen (secondary N) is 1. The molecule has 0 fully saturated rings. The number of nitrogens with two attached hydrogens (primary N) is 1. The van der Waals surface area contributed by atoms with Crippen LogP contribution in [0, 0.1) is 0 Å². The van der Waals surface area contributed by atoms with Crippen LogP contribution in [0.2, 0.25) is 0 Å². The molecule has 0 aliphatic rings. The highest BCUT2D eigenvalue weighted by Gasteiger charge is 2.13. The first-order valence-electron chi connectivity index (χ1n) is 5.27. The van der Waals surface area contributed by atoms with Gasteiger partial charge >= 0.3 is 0 Å². The molecule has 0 saturated heterocycles. The Morgan fingerprint density at radius 3 is 2.59 bits per heavy atom. The molecular weight excluding hydrogens is 300 g/mol. The molecule has 3 nitrogen and oxygen atoms in total. The Balaban J connectivity index is 2.80. The van der Waals surface area contributed by atoms with E-state index in [0.717, 1.165) is 10.2 Å². The van der Waals surface area contributed by atoms with Gasteiger partial charge in [-0.25, -0.2) is 5.84 Å². The van der Waals surface area contributed by atoms with Gasteiger partial charge in [0.2, 0.25) is 0 Å². The molecule has 0 aliphatic carbocycles. The SMILES string of the molecule is CC(C)(C)SCc1ccc(C(=O)NN)cc1Br. The van der Waals surface area contributed by atoms with Gasteiger partial charge < -0.3 is 0 Å². The molecule has 5 heteroatoms. The molecule has 17 heavy (non-hydrogen) atoms. The van der Waals surface area contributed by atoms with Crippen molar-refractivity contribution < 1.29 is 4.79 Å². The van der Waals surface area contributed by atoms with Crippen molar-refractivity contribution in [1.29, 1.82) is 0 Å². The first kappa shape index (κ1) is 14.5. The van der Waals surface area contributed by atoms with E-state index in [-0.39, 0.29) is 10.7 Å². The van der Waals surface area contributed by atoms with Crippen molar-refractivity contribution >= 4 is 33.6 Å². The Kier molecular flexibility index (Phi) is 5.04. The minimum Gasteiger partial charge on any atom is -0.290 e. The zero-order chi connectivity index (χ0) is 13.1. The van der Waals surface area contributed by atoms with Gasteiger partial charge in [-0.05, 0) is 17.7 Å². The highest BCUT2D eigenvalue weighted by Crippen LogP contribution is 2.30. The van der Waals surface area contributed by atoms with Crippen LogP contribution >= 0.6 is 27.7 Å². The lowest BCUT2D eigenvalue weighted by Gasteiger charge is -2.18. The number of hydrogen-bond donors (Lipinski definition) is 2. The van der Waals surface area contributed by atoms with E-state index in [1.165, 1.54) is 5.56 Å². The number of benzene rings is 1. The first-order chi connectivity index (χ1) is 7.83. The maximum Gasteiger partial charge on any atom is 0.265 e. The number of hydrazine groups is 1. The van der Waals surface area contributed by atoms with E-state index < -0.39 is 0 Å². The van der Waals surface area contributed by atoms with Gasteiger partial charge in [-0.1, -0.05) is 42.8 Å². The summed E-state index contributed by atoms with van der Waals surface area (Å²) in [6.45, 7) is 6.55. The molecule has 0 aliphatic heterocycles. The second kappa shape index (κ2) is 5.89. The Labute approximate surface area is 115 Å². The predicted octanol–water partition coefficient (Wildman–Crippen LogP) is 3.08. The third-order valence-corrected chi connectivity index (χ3v) is 4.17. The third kappa shape index (κ3) is 4.69. The van der Waals surface area contributed by atoms with Gasteiger partial charge in [0.1, 0.15) is 0 Å². The van der Waals surface area contributed by atoms with Crippen molar-refractivity contribution in [3.05, 3.63) is 33.8 Å². The van der Waals surface area contributed by atoms with Crippen LogP contribution in [0.25, 0.3) is 0 Å². The standard InChI is InChI=1S/C12H17BrN2OS/c1-12(2,3)17-7-9-5-4-8(6-10(9)13)11(16)15-14/h4-6H,7,14H2,1-3H3,(H,15,16). The Hall–Kier alpha value is -0.520. The van der Waals surface area contributed by atoms with Crippen LogP contribution in [-0.2, 0) is 5.75 Å². The molecule has 3 N–H and O–H groups in total. The Bertz CT molecular complexity index is 415. The maximum absolute atomic E-state index is 11.3. The van der Waals surface area contributed by atoms with Gasteiger partial charge in [-0.15, -0.1) is 0 Å². The summed E-state index contributed by atoms with van der Waals surface area (Å²) in [5.74, 6) is 5.72. The molecule has 1 aromatic carbocycles. The zero-order valence-corrected chi connectivity index (χ0v) is 12.6. The molecule has 1 rings (SSSR count). The van der Waals surface area contributed by atoms with Crippen LogP contribution < -0.4 is 11.3 Å². The van der Waals surface area contributed by atoms with Crippen LogP contribution in [0.1, 0.15) is 36.7 Å². The van der Waals surface area contributed by atoms with Crippen LogP contribution in [-0.4, -0.2) is 10.7 Å². The number of rotatable bonds is 3. The quantitative estimate of drug-likeness (QED) is 0.512. The van der Waals surface area contributed by atoms with Crippen molar-refractivity contribution in [3.8, 4) is 0 Å². The lowest BCUT2D eigenvalue weighted by atomic mass is 10.1. The molecule has 0 radical (unpaired) electrons. The van der Waals surface area contributed by atoms with Gasteiger partial charge in [-0.3, -0.25) is 10.2 Å². The van der Waals surface area contributed by atoms with E-state index in [1.54, 1.807) is 12.1 Å². The number of nitrogen functional groups attached to an aromatic ring is 1. The summed E-state index contributed by atoms with van der Waals surface area (Å²) in [4.78, 5) is 11.3. The van der Waals surface area contributed by atoms with Crippen LogP contribution in [0.4, 0.5) is 0 Å². The summed E-state index contributed by atoms with van der Waals surface area (Å²) in [6, 6.07) is 5.53. The summed E-state index contributed by atoms with van der Waals surface area (Å²) in [7, 11) is 0. The summed E-state index contributed by atoms with van der Waals surface area (Å²) in [5.41, 5.74) is 3.86. The second-order valence-corrected chi connectivity index (χ2v) is 7.34. The Morgan fingerprint density at radius 1 is 1.47 bits per heavy atom. The molecule has 0 saturated carbocycles. The molecule has 0 spiro atoms. The van der Waals surface area contributed by atoms with E-state index in [9.17, 15) is 4.79 Å². The molecule has 0 unspecified atom stereocenters. The minimum absolute atomic E-state index is 0.229. The molecular formula is C12H17BrN2OS. The fourth-order valence-corrected chi connectivity index (χ4v) is 2.73. The molecule has 94 valence electrons. The number of hydrogen-bond acceptors (Lipinski definition) is 3. The van der Waals surface area contributed by atoms with Gasteiger partial charge in [0, 0.05) is 20.5 Å². The maximum atomic E-state index is 11.3. The van der Waals surface area contributed by atoms with Crippen LogP contribution in [0.3, 0.4) is 0 Å². The molecule has 0 aromatic heterocycles. The summed E-state index contributed by atoms with van der Waals surface area (Å²) in [6.07, 6.45) is 0. The van der Waals surface area contributed by atoms with E-state index >= 15 is 0 Å². The van der Waals surface area contributed by atoms with E-state index in [2.05, 4.69) is 42.1 Å². The van der Waals surface area contributed by atoms with Crippen LogP contribution in [0.15, 0.2) is 22.7 Å². The molecule has 0 atom stereocenters. The van der Waals surface area contributed by atoms with E-state index in [0.29, 0.717) is 5.56 Å². The highest BCUT2D eigenvalue weighted by molar-refractivity contribution is 9.10. The predicted molar refractivity (Wildman–Crippen MR) is 76.8 cm³/mol. The molecule has 1 aromatic rings. The third-order valence-electron chi connectivity index (χ3n) is 2.11. The van der Waals surface area contributed by atoms with Crippen molar-refractivity contribution in [2.45, 2.75) is 31.3 Å². The number of thioether (sulfide) groups is 1. The van der Waals surface area contributed by atoms with Gasteiger partial charge in [0.15, 0.2) is 0 Å². The summed E-state index contributed by atoms with van der Waals surface area (Å²) >= 11 is 5.34. The lowest BCUT2D eigenvalue weighted by Crippen LogP contribution is -2.29. The van der Waals surface area contributed by atoms with E-state index in [1.807, 2.05) is 17.8 Å². The van der Waals surface area contributed by atoms with Crippen LogP contribution in [0.5, 0.6) is 0 Å². The smallest absolute Gasteiger partial charge is 0.265 e. The average Bonchev–Trinajstić information content (AvgIpc) is 2.25. The Morgan fingerprint density at radius 2 is 2.12 bits per heavy atom. The van der Waals surface area contributed by atoms with Gasteiger partial charge in [0.05, 0.1) is 0 Å². The monoisotopic (exact) mass is 316 g/mol. The summed E-state index contributed by atoms with van der Waals surface area (Å²) < 4.78 is 1.17. The number of carbonyl (C=O) groups is 1. The van der Waals surface area contributed by atoms with E-state index in [4.69, 9.17) is 5.84 Å². The fraction of sp³-hybridized carbons (Fsp3) is 0.417. The molecule has 1 amide bonds. The normalized spacial score (nSPS) is 11.4. The van der Waals surface area contributed by atoms with Gasteiger partial charge in [-0.2, -0.15) is 11.8 Å². The lowest BCUT2D eigenvalue weighted by molar-refractivity contribution is 0.0953. The molecule has 0 heterocycles. The van der Waals surface area contributed by atoms with Gasteiger partial charge in [0.25, 0.3) is 5.91 Å². The van der Waals surface area contributed by atoms with Crippen molar-refractivity contribution in [3.63, 3.8) is 0 Å². The zero-order valence-electron chi connectivity index (χ0n) is 10.2. The number of amides is 1. The minimum atomic E-state index is -0.277. The number of carbonyl (C=O) groups excluding carboxylic acids is 1.